The lowest BCUT2D eigenvalue weighted by atomic mass is 9.98. The maximum absolute atomic E-state index is 12.4. The van der Waals surface area contributed by atoms with Crippen molar-refractivity contribution in [3.63, 3.8) is 0 Å². The first-order valence-corrected chi connectivity index (χ1v) is 8.39. The molecule has 1 atom stereocenters. The highest BCUT2D eigenvalue weighted by Gasteiger charge is 2.36. The number of carbonyl (C=O) groups is 1. The van der Waals surface area contributed by atoms with Crippen molar-refractivity contribution >= 4 is 12.0 Å². The summed E-state index contributed by atoms with van der Waals surface area (Å²) >= 11 is 0. The van der Waals surface area contributed by atoms with Crippen LogP contribution in [0, 0.1) is 5.92 Å². The molecule has 1 aromatic carbocycles. The number of hydrogen-bond donors (Lipinski definition) is 0. The van der Waals surface area contributed by atoms with Crippen LogP contribution in [0.4, 0.5) is 0 Å². The summed E-state index contributed by atoms with van der Waals surface area (Å²) < 4.78 is 5.17. The molecule has 0 radical (unpaired) electrons. The highest BCUT2D eigenvalue weighted by Crippen LogP contribution is 2.34. The maximum Gasteiger partial charge on any atom is 0.225 e. The number of amides is 1. The molecule has 1 aliphatic carbocycles. The molecule has 3 rings (SSSR count). The van der Waals surface area contributed by atoms with Crippen LogP contribution in [-0.4, -0.2) is 30.5 Å². The van der Waals surface area contributed by atoms with Crippen LogP contribution >= 0.6 is 0 Å². The molecular weight excluding hydrogens is 274 g/mol. The van der Waals surface area contributed by atoms with Crippen molar-refractivity contribution < 1.29 is 9.53 Å². The zero-order chi connectivity index (χ0) is 15.4. The smallest absolute Gasteiger partial charge is 0.225 e. The van der Waals surface area contributed by atoms with Gasteiger partial charge in [-0.2, -0.15) is 0 Å². The Bertz CT molecular complexity index is 531. The van der Waals surface area contributed by atoms with Gasteiger partial charge in [0.25, 0.3) is 0 Å². The minimum absolute atomic E-state index is 0.339. The van der Waals surface area contributed by atoms with E-state index >= 15 is 0 Å². The van der Waals surface area contributed by atoms with E-state index in [4.69, 9.17) is 4.74 Å². The number of rotatable bonds is 5. The van der Waals surface area contributed by atoms with Gasteiger partial charge in [-0.15, -0.1) is 0 Å². The van der Waals surface area contributed by atoms with Gasteiger partial charge >= 0.3 is 0 Å². The molecule has 3 nitrogen and oxygen atoms in total. The lowest BCUT2D eigenvalue weighted by Crippen LogP contribution is -2.44. The Morgan fingerprint density at radius 2 is 2.00 bits per heavy atom. The molecule has 1 amide bonds. The average Bonchev–Trinajstić information content (AvgIpc) is 3.40. The summed E-state index contributed by atoms with van der Waals surface area (Å²) in [7, 11) is 1.68. The first-order chi connectivity index (χ1) is 10.8. The Morgan fingerprint density at radius 3 is 2.68 bits per heavy atom. The number of likely N-dealkylation sites (tertiary alicyclic amines) is 1. The van der Waals surface area contributed by atoms with Crippen LogP contribution in [0.2, 0.25) is 0 Å². The number of nitrogens with zero attached hydrogens (tertiary/aromatic N) is 1. The van der Waals surface area contributed by atoms with Crippen LogP contribution in [0.5, 0.6) is 5.75 Å². The molecule has 0 bridgehead atoms. The average molecular weight is 299 g/mol. The summed E-state index contributed by atoms with van der Waals surface area (Å²) in [6.07, 6.45) is 11.1. The van der Waals surface area contributed by atoms with Crippen LogP contribution in [0.1, 0.15) is 44.1 Å². The quantitative estimate of drug-likeness (QED) is 0.825. The van der Waals surface area contributed by atoms with Gasteiger partial charge in [-0.25, -0.2) is 0 Å². The molecule has 2 aliphatic rings. The second kappa shape index (κ2) is 6.99. The largest absolute Gasteiger partial charge is 0.497 e. The molecule has 1 heterocycles. The lowest BCUT2D eigenvalue weighted by molar-refractivity contribution is -0.136. The Hall–Kier alpha value is -1.77. The number of ether oxygens (including phenoxy) is 1. The topological polar surface area (TPSA) is 29.5 Å². The zero-order valence-electron chi connectivity index (χ0n) is 13.3. The summed E-state index contributed by atoms with van der Waals surface area (Å²) in [4.78, 5) is 14.5. The van der Waals surface area contributed by atoms with Crippen LogP contribution < -0.4 is 4.74 Å². The van der Waals surface area contributed by atoms with Crippen molar-refractivity contribution in [3.05, 3.63) is 35.9 Å². The van der Waals surface area contributed by atoms with Gasteiger partial charge < -0.3 is 9.64 Å². The highest BCUT2D eigenvalue weighted by atomic mass is 16.5. The molecule has 1 aliphatic heterocycles. The van der Waals surface area contributed by atoms with Crippen molar-refractivity contribution in [2.24, 2.45) is 5.92 Å². The summed E-state index contributed by atoms with van der Waals surface area (Å²) in [5.41, 5.74) is 1.18. The van der Waals surface area contributed by atoms with Gasteiger partial charge in [0.2, 0.25) is 5.91 Å². The fourth-order valence-electron chi connectivity index (χ4n) is 3.18. The minimum Gasteiger partial charge on any atom is -0.497 e. The molecule has 22 heavy (non-hydrogen) atoms. The molecule has 0 aromatic heterocycles. The number of methoxy groups -OCH3 is 1. The van der Waals surface area contributed by atoms with E-state index in [1.165, 1.54) is 12.0 Å². The summed E-state index contributed by atoms with van der Waals surface area (Å²) in [6, 6.07) is 8.47. The molecule has 3 heteroatoms. The summed E-state index contributed by atoms with van der Waals surface area (Å²) in [6.45, 7) is 0.955. The van der Waals surface area contributed by atoms with Crippen molar-refractivity contribution in [3.8, 4) is 5.75 Å². The molecule has 1 saturated heterocycles. The highest BCUT2D eigenvalue weighted by molar-refractivity contribution is 5.81. The molecule has 1 unspecified atom stereocenters. The van der Waals surface area contributed by atoms with Crippen molar-refractivity contribution in [1.29, 1.82) is 0 Å². The van der Waals surface area contributed by atoms with E-state index in [0.29, 0.717) is 17.9 Å². The van der Waals surface area contributed by atoms with E-state index < -0.39 is 0 Å². The minimum atomic E-state index is 0.339. The van der Waals surface area contributed by atoms with E-state index in [-0.39, 0.29) is 0 Å². The van der Waals surface area contributed by atoms with Gasteiger partial charge in [0.15, 0.2) is 0 Å². The van der Waals surface area contributed by atoms with Gasteiger partial charge in [0.1, 0.15) is 5.75 Å². The first kappa shape index (κ1) is 15.1. The zero-order valence-corrected chi connectivity index (χ0v) is 13.3. The van der Waals surface area contributed by atoms with Crippen LogP contribution in [-0.2, 0) is 4.79 Å². The molecule has 2 fully saturated rings. The maximum atomic E-state index is 12.4. The van der Waals surface area contributed by atoms with E-state index in [9.17, 15) is 4.79 Å². The third kappa shape index (κ3) is 3.70. The second-order valence-electron chi connectivity index (χ2n) is 6.37. The monoisotopic (exact) mass is 299 g/mol. The fourth-order valence-corrected chi connectivity index (χ4v) is 3.18. The van der Waals surface area contributed by atoms with Crippen LogP contribution in [0.3, 0.4) is 0 Å². The van der Waals surface area contributed by atoms with Gasteiger partial charge in [-0.3, -0.25) is 4.79 Å². The summed E-state index contributed by atoms with van der Waals surface area (Å²) in [5, 5.41) is 0. The Morgan fingerprint density at radius 1 is 1.23 bits per heavy atom. The molecule has 0 spiro atoms. The molecule has 1 saturated carbocycles. The van der Waals surface area contributed by atoms with Crippen molar-refractivity contribution in [1.82, 2.24) is 4.90 Å². The third-order valence-electron chi connectivity index (χ3n) is 4.67. The molecule has 118 valence electrons. The fraction of sp³-hybridized carbons (Fsp3) is 0.526. The van der Waals surface area contributed by atoms with E-state index in [2.05, 4.69) is 29.2 Å². The van der Waals surface area contributed by atoms with Crippen molar-refractivity contribution in [2.75, 3.05) is 13.7 Å². The van der Waals surface area contributed by atoms with E-state index in [0.717, 1.165) is 44.4 Å². The molecule has 1 aromatic rings. The van der Waals surface area contributed by atoms with Crippen LogP contribution in [0.15, 0.2) is 30.3 Å². The first-order valence-electron chi connectivity index (χ1n) is 8.39. The second-order valence-corrected chi connectivity index (χ2v) is 6.37. The van der Waals surface area contributed by atoms with Crippen LogP contribution in [0.25, 0.3) is 6.08 Å². The molecule has 0 N–H and O–H groups in total. The third-order valence-corrected chi connectivity index (χ3v) is 4.67. The predicted molar refractivity (Wildman–Crippen MR) is 88.7 cm³/mol. The van der Waals surface area contributed by atoms with E-state index in [1.807, 2.05) is 12.1 Å². The lowest BCUT2D eigenvalue weighted by Gasteiger charge is -2.35. The summed E-state index contributed by atoms with van der Waals surface area (Å²) in [5.74, 6) is 1.62. The van der Waals surface area contributed by atoms with Crippen molar-refractivity contribution in [2.45, 2.75) is 44.6 Å². The predicted octanol–water partition coefficient (Wildman–Crippen LogP) is 3.89. The standard InChI is InChI=1S/C19H25NO2/c1-22-18-12-8-15(9-13-18)5-4-7-17-6-2-3-14-20(17)19(21)16-10-11-16/h4-5,8-9,12-13,16-17H,2-3,6-7,10-11,14H2,1H3. The van der Waals surface area contributed by atoms with E-state index in [1.54, 1.807) is 7.11 Å². The van der Waals surface area contributed by atoms with Gasteiger partial charge in [-0.05, 0) is 56.2 Å². The Kier molecular flexibility index (Phi) is 4.81. The SMILES string of the molecule is COc1ccc(C=CCC2CCCCN2C(=O)C2CC2)cc1. The van der Waals surface area contributed by atoms with Gasteiger partial charge in [0, 0.05) is 18.5 Å². The normalized spacial score (nSPS) is 22.0. The number of hydrogen-bond acceptors (Lipinski definition) is 2. The van der Waals surface area contributed by atoms with Gasteiger partial charge in [-0.1, -0.05) is 24.3 Å². The number of carbonyl (C=O) groups excluding carboxylic acids is 1. The van der Waals surface area contributed by atoms with Gasteiger partial charge in [0.05, 0.1) is 7.11 Å². The molecular formula is C19H25NO2. The Labute approximate surface area is 133 Å². The number of benzene rings is 1. The number of piperidine rings is 1. The Balaban J connectivity index is 1.57.